The van der Waals surface area contributed by atoms with Crippen LogP contribution < -0.4 is 0 Å². The van der Waals surface area contributed by atoms with Crippen LogP contribution in [0.3, 0.4) is 0 Å². The van der Waals surface area contributed by atoms with Crippen LogP contribution in [0.2, 0.25) is 0 Å². The molecule has 0 atom stereocenters. The molecule has 0 nitrogen and oxygen atoms in total. The molecule has 0 heterocycles. The summed E-state index contributed by atoms with van der Waals surface area (Å²) in [5.41, 5.74) is 0. The molecule has 0 radical (unpaired) electrons. The van der Waals surface area contributed by atoms with Crippen LogP contribution in [0.1, 0.15) is 0 Å². The zero-order chi connectivity index (χ0) is 2.00. The predicted molar refractivity (Wildman–Crippen MR) is 14.0 cm³/mol. The van der Waals surface area contributed by atoms with Gasteiger partial charge in [-0.15, -0.1) is 0 Å². The van der Waals surface area contributed by atoms with E-state index in [2.05, 4.69) is 9.82 Å². The second-order valence-corrected chi connectivity index (χ2v) is 0. The van der Waals surface area contributed by atoms with Gasteiger partial charge in [-0.2, -0.15) is 0 Å². The van der Waals surface area contributed by atoms with Crippen LogP contribution in [0.15, 0.2) is 0 Å². The zero-order valence-corrected chi connectivity index (χ0v) is 5.94. The van der Waals surface area contributed by atoms with Crippen LogP contribution in [0.5, 0.6) is 0 Å². The van der Waals surface area contributed by atoms with Gasteiger partial charge < -0.3 is 7.43 Å². The Kier molecular flexibility index (Phi) is 118. The van der Waals surface area contributed by atoms with Gasteiger partial charge in [0.05, 0.1) is 0 Å². The molecule has 0 aliphatic rings. The van der Waals surface area contributed by atoms with E-state index in [1.165, 1.54) is 18.0 Å². The van der Waals surface area contributed by atoms with Crippen molar-refractivity contribution in [3.8, 4) is 0 Å². The van der Waals surface area contributed by atoms with E-state index >= 15 is 0 Å². The van der Waals surface area contributed by atoms with Crippen LogP contribution in [-0.2, 0) is 34.5 Å². The summed E-state index contributed by atoms with van der Waals surface area (Å²) in [5, 5.41) is 0. The van der Waals surface area contributed by atoms with Crippen LogP contribution in [-0.4, -0.2) is 0 Å². The van der Waals surface area contributed by atoms with Gasteiger partial charge in [0.2, 0.25) is 0 Å². The van der Waals surface area contributed by atoms with Gasteiger partial charge in [0.15, 0.2) is 0 Å². The second kappa shape index (κ2) is 25.9. The van der Waals surface area contributed by atoms with Crippen LogP contribution in [0, 0.1) is 7.43 Å². The fourth-order valence-corrected chi connectivity index (χ4v) is 0. The van der Waals surface area contributed by atoms with Gasteiger partial charge in [-0.1, -0.05) is 0 Å². The van der Waals surface area contributed by atoms with E-state index in [4.69, 9.17) is 0 Å². The molecule has 0 aliphatic heterocycles. The normalized spacial score (nSPS) is 1.00. The molecule has 4 heavy (non-hydrogen) atoms. The molecule has 0 rings (SSSR count). The summed E-state index contributed by atoms with van der Waals surface area (Å²) in [7, 11) is 4.09. The van der Waals surface area contributed by atoms with Crippen LogP contribution in [0.25, 0.3) is 0 Å². The van der Waals surface area contributed by atoms with E-state index in [1.54, 1.807) is 0 Å². The molecular formula is CH3MoNiS-. The Morgan fingerprint density at radius 3 is 1.25 bits per heavy atom. The third-order valence-electron chi connectivity index (χ3n) is 0. The van der Waals surface area contributed by atoms with Crippen molar-refractivity contribution >= 4 is 9.82 Å². The van der Waals surface area contributed by atoms with Crippen molar-refractivity contribution in [3.63, 3.8) is 0 Å². The second-order valence-electron chi connectivity index (χ2n) is 0. The molecule has 0 fully saturated rings. The van der Waals surface area contributed by atoms with Gasteiger partial charge in [0.25, 0.3) is 0 Å². The van der Waals surface area contributed by atoms with E-state index in [-0.39, 0.29) is 23.9 Å². The summed E-state index contributed by atoms with van der Waals surface area (Å²) >= 11 is 1.53. The molecule has 0 amide bonds. The van der Waals surface area contributed by atoms with Gasteiger partial charge >= 0.3 is 27.8 Å². The molecule has 0 aromatic rings. The van der Waals surface area contributed by atoms with Crippen molar-refractivity contribution < 1.29 is 34.5 Å². The standard InChI is InChI=1S/CH3.Mo.Ni.S/h1H3;;;/q-1;;;. The fraction of sp³-hybridized carbons (Fsp3) is 0. The van der Waals surface area contributed by atoms with E-state index in [9.17, 15) is 0 Å². The molecule has 0 unspecified atom stereocenters. The molecule has 0 aliphatic carbocycles. The van der Waals surface area contributed by atoms with E-state index in [0.717, 1.165) is 0 Å². The summed E-state index contributed by atoms with van der Waals surface area (Å²) in [6.45, 7) is 0. The van der Waals surface area contributed by atoms with Crippen molar-refractivity contribution in [1.29, 1.82) is 0 Å². The first kappa shape index (κ1) is 18.1. The third-order valence-corrected chi connectivity index (χ3v) is 0. The average Bonchev–Trinajstić information content (AvgIpc) is 1.00. The zero-order valence-electron chi connectivity index (χ0n) is 2.13. The molecular weight excluding hydrogens is 199 g/mol. The summed E-state index contributed by atoms with van der Waals surface area (Å²) in [5.74, 6) is 0. The molecule has 3 heteroatoms. The summed E-state index contributed by atoms with van der Waals surface area (Å²) in [4.78, 5) is 0. The van der Waals surface area contributed by atoms with Gasteiger partial charge in [0, 0.05) is 16.5 Å². The topological polar surface area (TPSA) is 0 Å². The average molecular weight is 202 g/mol. The number of rotatable bonds is 0. The Morgan fingerprint density at radius 1 is 1.25 bits per heavy atom. The van der Waals surface area contributed by atoms with Gasteiger partial charge in [-0.05, 0) is 0 Å². The Morgan fingerprint density at radius 2 is 1.25 bits per heavy atom. The maximum absolute atomic E-state index is 4.09. The molecule has 0 saturated heterocycles. The first-order valence-electron chi connectivity index (χ1n) is 0.167. The Hall–Kier alpha value is 1.40. The molecule has 0 aromatic heterocycles. The van der Waals surface area contributed by atoms with E-state index in [1.807, 2.05) is 0 Å². The minimum atomic E-state index is 0. The monoisotopic (exact) mass is 203 g/mol. The minimum absolute atomic E-state index is 0. The predicted octanol–water partition coefficient (Wildman–Crippen LogP) is 1.09. The van der Waals surface area contributed by atoms with Gasteiger partial charge in [-0.3, -0.25) is 0 Å². The first-order chi connectivity index (χ1) is 1.00. The third kappa shape index (κ3) is 9.99. The van der Waals surface area contributed by atoms with Crippen molar-refractivity contribution in [2.24, 2.45) is 0 Å². The molecule has 0 spiro atoms. The van der Waals surface area contributed by atoms with Gasteiger partial charge in [0.1, 0.15) is 0 Å². The number of hydrogen-bond donors (Lipinski definition) is 0. The van der Waals surface area contributed by atoms with E-state index in [0.29, 0.717) is 0 Å². The SMILES string of the molecule is [CH3-].[Ni].[S]=[Mo]. The summed E-state index contributed by atoms with van der Waals surface area (Å²) < 4.78 is 0. The van der Waals surface area contributed by atoms with Crippen molar-refractivity contribution in [2.75, 3.05) is 0 Å². The first-order valence-corrected chi connectivity index (χ1v) is 2.96. The Balaban J connectivity index is -0.00000000500. The molecule has 30 valence electrons. The van der Waals surface area contributed by atoms with Crippen molar-refractivity contribution in [2.45, 2.75) is 0 Å². The van der Waals surface area contributed by atoms with Crippen LogP contribution in [0.4, 0.5) is 0 Å². The van der Waals surface area contributed by atoms with E-state index < -0.39 is 0 Å². The summed E-state index contributed by atoms with van der Waals surface area (Å²) in [6, 6.07) is 0. The molecule has 0 bridgehead atoms. The van der Waals surface area contributed by atoms with Crippen molar-refractivity contribution in [1.82, 2.24) is 0 Å². The van der Waals surface area contributed by atoms with Crippen LogP contribution >= 0.6 is 9.82 Å². The fourth-order valence-electron chi connectivity index (χ4n) is 0. The Labute approximate surface area is 51.6 Å². The molecule has 0 saturated carbocycles. The Bertz CT molecular complexity index is 8.00. The van der Waals surface area contributed by atoms with Gasteiger partial charge in [-0.25, -0.2) is 0 Å². The van der Waals surface area contributed by atoms with Crippen molar-refractivity contribution in [3.05, 3.63) is 7.43 Å². The summed E-state index contributed by atoms with van der Waals surface area (Å²) in [6.07, 6.45) is 0. The quantitative estimate of drug-likeness (QED) is 0.418. The maximum atomic E-state index is 4.09. The molecule has 0 N–H and O–H groups in total. The number of hydrogen-bond acceptors (Lipinski definition) is 1. The molecule has 0 aromatic carbocycles.